The van der Waals surface area contributed by atoms with Gasteiger partial charge in [-0.05, 0) is 31.5 Å². The lowest BCUT2D eigenvalue weighted by atomic mass is 9.99. The maximum absolute atomic E-state index is 12.5. The Balaban J connectivity index is 2.15. The molecule has 3 rings (SSSR count). The van der Waals surface area contributed by atoms with Crippen LogP contribution in [0.15, 0.2) is 29.6 Å². The third-order valence-electron chi connectivity index (χ3n) is 4.44. The van der Waals surface area contributed by atoms with Gasteiger partial charge in [0.1, 0.15) is 11.1 Å². The Kier molecular flexibility index (Phi) is 5.07. The number of carbonyl (C=O) groups excluding carboxylic acids is 1. The van der Waals surface area contributed by atoms with Gasteiger partial charge in [-0.2, -0.15) is 10.5 Å². The molecule has 0 fully saturated rings. The van der Waals surface area contributed by atoms with Crippen LogP contribution >= 0.6 is 11.3 Å². The minimum absolute atomic E-state index is 0.387. The number of thiazole rings is 1. The Labute approximate surface area is 160 Å². The number of nitrogens with zero attached hydrogens (tertiary/aromatic N) is 4. The molecule has 1 aromatic carbocycles. The second kappa shape index (κ2) is 7.45. The first-order chi connectivity index (χ1) is 13.0. The minimum atomic E-state index is -0.412. The lowest BCUT2D eigenvalue weighted by molar-refractivity contribution is 0.0600. The molecule has 134 valence electrons. The quantitative estimate of drug-likeness (QED) is 0.646. The molecule has 0 aliphatic heterocycles. The molecule has 0 aliphatic carbocycles. The number of hydrogen-bond acceptors (Lipinski definition) is 6. The molecule has 0 bridgehead atoms. The highest BCUT2D eigenvalue weighted by atomic mass is 32.1. The molecule has 0 saturated heterocycles. The summed E-state index contributed by atoms with van der Waals surface area (Å²) in [6, 6.07) is 11.2. The normalized spacial score (nSPS) is 10.3. The molecule has 27 heavy (non-hydrogen) atoms. The van der Waals surface area contributed by atoms with E-state index in [2.05, 4.69) is 11.1 Å². The zero-order valence-electron chi connectivity index (χ0n) is 15.1. The van der Waals surface area contributed by atoms with Crippen LogP contribution in [0.3, 0.4) is 0 Å². The summed E-state index contributed by atoms with van der Waals surface area (Å²) in [7, 11) is 1.36. The van der Waals surface area contributed by atoms with Crippen molar-refractivity contribution in [3.05, 3.63) is 62.9 Å². The minimum Gasteiger partial charge on any atom is -0.465 e. The number of methoxy groups -OCH3 is 1. The third-order valence-corrected chi connectivity index (χ3v) is 5.27. The summed E-state index contributed by atoms with van der Waals surface area (Å²) in [5.41, 5.74) is 4.72. The molecule has 6 nitrogen and oxygen atoms in total. The van der Waals surface area contributed by atoms with E-state index >= 15 is 0 Å². The molecule has 0 N–H and O–H groups in total. The highest BCUT2D eigenvalue weighted by Crippen LogP contribution is 2.34. The van der Waals surface area contributed by atoms with Gasteiger partial charge in [-0.15, -0.1) is 11.3 Å². The second-order valence-electron chi connectivity index (χ2n) is 5.93. The zero-order valence-corrected chi connectivity index (χ0v) is 15.9. The van der Waals surface area contributed by atoms with Crippen molar-refractivity contribution < 1.29 is 9.53 Å². The van der Waals surface area contributed by atoms with Gasteiger partial charge in [-0.25, -0.2) is 9.78 Å². The standard InChI is InChI=1S/C20H16N4O2S/c1-12-18(15-6-4-14(8-21)5-7-15)19(20(25)26-3)13(2)24(12)10-17-23-16(9-22)11-27-17/h4-7,11H,10H2,1-3H3. The number of nitriles is 2. The summed E-state index contributed by atoms with van der Waals surface area (Å²) in [5, 5.41) is 20.5. The number of aromatic nitrogens is 2. The predicted molar refractivity (Wildman–Crippen MR) is 101 cm³/mol. The van der Waals surface area contributed by atoms with Crippen LogP contribution in [0, 0.1) is 36.5 Å². The SMILES string of the molecule is COC(=O)c1c(-c2ccc(C#N)cc2)c(C)n(Cc2nc(C#N)cs2)c1C. The average Bonchev–Trinajstić information content (AvgIpc) is 3.25. The molecule has 0 unspecified atom stereocenters. The van der Waals surface area contributed by atoms with Crippen molar-refractivity contribution in [2.24, 2.45) is 0 Å². The van der Waals surface area contributed by atoms with Crippen LogP contribution in [0.2, 0.25) is 0 Å². The Morgan fingerprint density at radius 1 is 1.19 bits per heavy atom. The van der Waals surface area contributed by atoms with Gasteiger partial charge in [0, 0.05) is 22.3 Å². The van der Waals surface area contributed by atoms with Crippen molar-refractivity contribution in [1.29, 1.82) is 10.5 Å². The summed E-state index contributed by atoms with van der Waals surface area (Å²) in [6.07, 6.45) is 0. The van der Waals surface area contributed by atoms with E-state index in [1.807, 2.05) is 36.6 Å². The average molecular weight is 376 g/mol. The molecule has 0 saturated carbocycles. The van der Waals surface area contributed by atoms with Crippen molar-refractivity contribution in [2.75, 3.05) is 7.11 Å². The molecule has 0 aliphatic rings. The third kappa shape index (κ3) is 3.33. The maximum Gasteiger partial charge on any atom is 0.340 e. The van der Waals surface area contributed by atoms with Crippen molar-refractivity contribution >= 4 is 17.3 Å². The second-order valence-corrected chi connectivity index (χ2v) is 6.87. The first-order valence-electron chi connectivity index (χ1n) is 8.13. The van der Waals surface area contributed by atoms with Gasteiger partial charge in [0.15, 0.2) is 5.69 Å². The summed E-state index contributed by atoms with van der Waals surface area (Å²) < 4.78 is 7.00. The topological polar surface area (TPSA) is 91.7 Å². The van der Waals surface area contributed by atoms with Gasteiger partial charge in [-0.1, -0.05) is 12.1 Å². The number of ether oxygens (including phenoxy) is 1. The van der Waals surface area contributed by atoms with Gasteiger partial charge >= 0.3 is 5.97 Å². The summed E-state index contributed by atoms with van der Waals surface area (Å²) in [4.78, 5) is 16.8. The van der Waals surface area contributed by atoms with Crippen LogP contribution in [-0.2, 0) is 11.3 Å². The van der Waals surface area contributed by atoms with E-state index in [0.29, 0.717) is 23.4 Å². The monoisotopic (exact) mass is 376 g/mol. The maximum atomic E-state index is 12.5. The molecule has 2 aromatic heterocycles. The first-order valence-corrected chi connectivity index (χ1v) is 9.01. The van der Waals surface area contributed by atoms with Crippen LogP contribution in [-0.4, -0.2) is 22.6 Å². The van der Waals surface area contributed by atoms with Crippen molar-refractivity contribution in [2.45, 2.75) is 20.4 Å². The summed E-state index contributed by atoms with van der Waals surface area (Å²) >= 11 is 1.41. The molecule has 0 spiro atoms. The molecule has 0 amide bonds. The molecule has 0 radical (unpaired) electrons. The Bertz CT molecular complexity index is 1090. The number of benzene rings is 1. The Hall–Kier alpha value is -3.42. The van der Waals surface area contributed by atoms with E-state index in [4.69, 9.17) is 15.3 Å². The van der Waals surface area contributed by atoms with E-state index < -0.39 is 5.97 Å². The highest BCUT2D eigenvalue weighted by Gasteiger charge is 2.25. The van der Waals surface area contributed by atoms with E-state index in [-0.39, 0.29) is 0 Å². The van der Waals surface area contributed by atoms with E-state index in [9.17, 15) is 4.79 Å². The summed E-state index contributed by atoms with van der Waals surface area (Å²) in [6.45, 7) is 4.27. The fourth-order valence-electron chi connectivity index (χ4n) is 3.11. The van der Waals surface area contributed by atoms with Gasteiger partial charge in [-0.3, -0.25) is 0 Å². The van der Waals surface area contributed by atoms with Gasteiger partial charge in [0.2, 0.25) is 0 Å². The fraction of sp³-hybridized carbons (Fsp3) is 0.200. The van der Waals surface area contributed by atoms with Crippen molar-refractivity contribution in [3.8, 4) is 23.3 Å². The largest absolute Gasteiger partial charge is 0.465 e. The Morgan fingerprint density at radius 2 is 1.89 bits per heavy atom. The van der Waals surface area contributed by atoms with E-state index in [1.54, 1.807) is 17.5 Å². The number of hydrogen-bond donors (Lipinski definition) is 0. The van der Waals surface area contributed by atoms with Gasteiger partial charge in [0.25, 0.3) is 0 Å². The van der Waals surface area contributed by atoms with E-state index in [0.717, 1.165) is 27.5 Å². The molecule has 2 heterocycles. The predicted octanol–water partition coefficient (Wildman–Crippen LogP) is 3.81. The van der Waals surface area contributed by atoms with Crippen LogP contribution < -0.4 is 0 Å². The molecular formula is C20H16N4O2S. The first kappa shape index (κ1) is 18.4. The smallest absolute Gasteiger partial charge is 0.340 e. The summed E-state index contributed by atoms with van der Waals surface area (Å²) in [5.74, 6) is -0.412. The van der Waals surface area contributed by atoms with E-state index in [1.165, 1.54) is 18.4 Å². The molecular weight excluding hydrogens is 360 g/mol. The van der Waals surface area contributed by atoms with Gasteiger partial charge in [0.05, 0.1) is 30.9 Å². The van der Waals surface area contributed by atoms with Gasteiger partial charge < -0.3 is 9.30 Å². The molecule has 3 aromatic rings. The van der Waals surface area contributed by atoms with Crippen LogP contribution in [0.1, 0.15) is 38.0 Å². The van der Waals surface area contributed by atoms with Crippen molar-refractivity contribution in [3.63, 3.8) is 0 Å². The molecule has 7 heteroatoms. The number of carbonyl (C=O) groups is 1. The Morgan fingerprint density at radius 3 is 2.44 bits per heavy atom. The molecule has 0 atom stereocenters. The highest BCUT2D eigenvalue weighted by molar-refractivity contribution is 7.09. The lowest BCUT2D eigenvalue weighted by Gasteiger charge is -2.08. The fourth-order valence-corrected chi connectivity index (χ4v) is 3.81. The zero-order chi connectivity index (χ0) is 19.6. The van der Waals surface area contributed by atoms with Crippen LogP contribution in [0.4, 0.5) is 0 Å². The van der Waals surface area contributed by atoms with Crippen LogP contribution in [0.5, 0.6) is 0 Å². The van der Waals surface area contributed by atoms with Crippen molar-refractivity contribution in [1.82, 2.24) is 9.55 Å². The number of rotatable bonds is 4. The number of esters is 1. The van der Waals surface area contributed by atoms with Crippen LogP contribution in [0.25, 0.3) is 11.1 Å². The lowest BCUT2D eigenvalue weighted by Crippen LogP contribution is -2.07.